The molecule has 0 aromatic carbocycles. The Balaban J connectivity index is 5.43. The van der Waals surface area contributed by atoms with Gasteiger partial charge in [0.05, 0.1) is 0 Å². The third-order valence-corrected chi connectivity index (χ3v) is 10.6. The molecule has 0 fully saturated rings. The Bertz CT molecular complexity index is 281. The van der Waals surface area contributed by atoms with Crippen LogP contribution in [0.15, 0.2) is 4.41 Å². The van der Waals surface area contributed by atoms with Gasteiger partial charge in [0, 0.05) is 7.11 Å². The average molecular weight is 281 g/mol. The van der Waals surface area contributed by atoms with Crippen LogP contribution in [0.4, 0.5) is 0 Å². The second kappa shape index (κ2) is 5.46. The lowest BCUT2D eigenvalue weighted by molar-refractivity contribution is 0.402. The quantitative estimate of drug-likeness (QED) is 0.620. The topological polar surface area (TPSA) is 36.9 Å². The predicted octanol–water partition coefficient (Wildman–Crippen LogP) is 3.40. The molecule has 1 N–H and O–H groups in total. The van der Waals surface area contributed by atoms with Gasteiger partial charge in [0.2, 0.25) is 7.58 Å². The molecule has 0 saturated carbocycles. The fourth-order valence-electron chi connectivity index (χ4n) is 1.31. The number of hydrogen-bond acceptors (Lipinski definition) is 2. The summed E-state index contributed by atoms with van der Waals surface area (Å²) in [6, 6.07) is 0. The van der Waals surface area contributed by atoms with Crippen LogP contribution in [-0.4, -0.2) is 42.3 Å². The first kappa shape index (κ1) is 16.5. The second-order valence-electron chi connectivity index (χ2n) is 6.21. The summed E-state index contributed by atoms with van der Waals surface area (Å²) in [5, 5.41) is 0. The van der Waals surface area contributed by atoms with E-state index in [0.717, 1.165) is 0 Å². The van der Waals surface area contributed by atoms with Crippen LogP contribution in [0.3, 0.4) is 0 Å². The monoisotopic (exact) mass is 281 g/mol. The van der Waals surface area contributed by atoms with Gasteiger partial charge >= 0.3 is 0 Å². The molecule has 0 aromatic heterocycles. The van der Waals surface area contributed by atoms with Crippen molar-refractivity contribution in [2.45, 2.75) is 39.3 Å². The van der Waals surface area contributed by atoms with E-state index in [1.165, 1.54) is 0 Å². The van der Waals surface area contributed by atoms with Gasteiger partial charge in [-0.1, -0.05) is 19.6 Å². The maximum atomic E-state index is 5.78. The highest BCUT2D eigenvalue weighted by atomic mass is 31.2. The van der Waals surface area contributed by atoms with Crippen molar-refractivity contribution in [3.05, 3.63) is 0 Å². The fraction of sp³-hybridized carbons (Fsp3) is 1.00. The van der Waals surface area contributed by atoms with Crippen molar-refractivity contribution in [1.29, 1.82) is 0 Å². The molecular formula is C9H28N3OPSi2. The zero-order valence-corrected chi connectivity index (χ0v) is 15.1. The van der Waals surface area contributed by atoms with E-state index in [0.29, 0.717) is 0 Å². The second-order valence-corrected chi connectivity index (χ2v) is 19.0. The van der Waals surface area contributed by atoms with Crippen molar-refractivity contribution in [2.24, 2.45) is 4.41 Å². The van der Waals surface area contributed by atoms with Gasteiger partial charge < -0.3 is 4.52 Å². The molecule has 0 aliphatic heterocycles. The molecule has 0 bridgehead atoms. The maximum absolute atomic E-state index is 5.78. The van der Waals surface area contributed by atoms with E-state index in [1.807, 2.05) is 14.1 Å². The van der Waals surface area contributed by atoms with Crippen LogP contribution in [0.5, 0.6) is 0 Å². The van der Waals surface area contributed by atoms with E-state index >= 15 is 0 Å². The minimum absolute atomic E-state index is 1.41. The summed E-state index contributed by atoms with van der Waals surface area (Å²) in [4.78, 5) is 0. The summed E-state index contributed by atoms with van der Waals surface area (Å²) < 4.78 is 16.6. The van der Waals surface area contributed by atoms with Gasteiger partial charge in [-0.05, 0) is 33.7 Å². The van der Waals surface area contributed by atoms with Gasteiger partial charge in [-0.25, -0.2) is 4.67 Å². The zero-order chi connectivity index (χ0) is 13.2. The van der Waals surface area contributed by atoms with Gasteiger partial charge in [-0.3, -0.25) is 9.16 Å². The standard InChI is InChI=1S/C9H28N3OPSi2/c1-12(2)14(13-3,10-15(4,5)6)11-16(7,8)9/h10H,1-9H3. The largest absolute Gasteiger partial charge is 0.326 e. The molecule has 0 aromatic rings. The van der Waals surface area contributed by atoms with Crippen molar-refractivity contribution in [3.8, 4) is 0 Å². The van der Waals surface area contributed by atoms with Crippen molar-refractivity contribution >= 4 is 24.1 Å². The van der Waals surface area contributed by atoms with Crippen LogP contribution in [-0.2, 0) is 4.52 Å². The Hall–Kier alpha value is 0.544. The highest BCUT2D eigenvalue weighted by Crippen LogP contribution is 2.50. The Kier molecular flexibility index (Phi) is 5.64. The minimum atomic E-state index is -1.96. The lowest BCUT2D eigenvalue weighted by Crippen LogP contribution is -2.43. The Labute approximate surface area is 103 Å². The Morgan fingerprint density at radius 2 is 1.50 bits per heavy atom. The highest BCUT2D eigenvalue weighted by molar-refractivity contribution is 7.60. The predicted molar refractivity (Wildman–Crippen MR) is 79.9 cm³/mol. The maximum Gasteiger partial charge on any atom is 0.208 e. The molecule has 0 aliphatic carbocycles. The third kappa shape index (κ3) is 5.75. The molecule has 0 rings (SSSR count). The first-order chi connectivity index (χ1) is 6.92. The van der Waals surface area contributed by atoms with Crippen LogP contribution in [0.2, 0.25) is 39.3 Å². The molecule has 1 atom stereocenters. The van der Waals surface area contributed by atoms with E-state index in [9.17, 15) is 0 Å². The molecule has 98 valence electrons. The van der Waals surface area contributed by atoms with Gasteiger partial charge in [0.25, 0.3) is 0 Å². The smallest absolute Gasteiger partial charge is 0.208 e. The Morgan fingerprint density at radius 1 is 1.06 bits per heavy atom. The van der Waals surface area contributed by atoms with Gasteiger partial charge in [0.1, 0.15) is 8.24 Å². The SMILES string of the molecule is COP(=N[Si](C)(C)C)(N[Si](C)(C)C)N(C)C. The lowest BCUT2D eigenvalue weighted by atomic mass is 11.3. The molecule has 0 amide bonds. The van der Waals surface area contributed by atoms with E-state index in [4.69, 9.17) is 8.93 Å². The molecule has 0 aliphatic rings. The Morgan fingerprint density at radius 3 is 1.69 bits per heavy atom. The van der Waals surface area contributed by atoms with Gasteiger partial charge in [0.15, 0.2) is 8.24 Å². The number of nitrogens with zero attached hydrogens (tertiary/aromatic N) is 2. The number of nitrogens with one attached hydrogen (secondary N) is 1. The number of hydrogen-bond donors (Lipinski definition) is 1. The molecular weight excluding hydrogens is 253 g/mol. The minimum Gasteiger partial charge on any atom is -0.326 e. The van der Waals surface area contributed by atoms with Crippen LogP contribution in [0.25, 0.3) is 0 Å². The molecule has 16 heavy (non-hydrogen) atoms. The van der Waals surface area contributed by atoms with E-state index in [-0.39, 0.29) is 0 Å². The van der Waals surface area contributed by atoms with Crippen LogP contribution < -0.4 is 4.75 Å². The van der Waals surface area contributed by atoms with Gasteiger partial charge in [-0.15, -0.1) is 0 Å². The highest BCUT2D eigenvalue weighted by Gasteiger charge is 2.31. The molecule has 0 radical (unpaired) electrons. The first-order valence-corrected chi connectivity index (χ1v) is 14.1. The van der Waals surface area contributed by atoms with Crippen molar-refractivity contribution in [2.75, 3.05) is 21.2 Å². The molecule has 0 heterocycles. The van der Waals surface area contributed by atoms with Crippen LogP contribution in [0.1, 0.15) is 0 Å². The lowest BCUT2D eigenvalue weighted by Gasteiger charge is -2.37. The summed E-state index contributed by atoms with van der Waals surface area (Å²) >= 11 is 0. The zero-order valence-electron chi connectivity index (χ0n) is 12.2. The molecule has 1 unspecified atom stereocenters. The summed E-state index contributed by atoms with van der Waals surface area (Å²) in [6.45, 7) is 13.6. The van der Waals surface area contributed by atoms with Crippen molar-refractivity contribution < 1.29 is 4.52 Å². The summed E-state index contributed by atoms with van der Waals surface area (Å²) in [6.07, 6.45) is 0. The van der Waals surface area contributed by atoms with E-state index in [2.05, 4.69) is 48.7 Å². The van der Waals surface area contributed by atoms with E-state index in [1.54, 1.807) is 7.11 Å². The summed E-state index contributed by atoms with van der Waals surface area (Å²) in [5.41, 5.74) is 0. The number of rotatable bonds is 5. The van der Waals surface area contributed by atoms with Crippen LogP contribution >= 0.6 is 7.58 Å². The molecule has 4 nitrogen and oxygen atoms in total. The molecule has 0 spiro atoms. The average Bonchev–Trinajstić information content (AvgIpc) is 1.97. The first-order valence-electron chi connectivity index (χ1n) is 5.58. The van der Waals surface area contributed by atoms with Crippen LogP contribution in [0, 0.1) is 0 Å². The molecule has 0 saturated heterocycles. The van der Waals surface area contributed by atoms with Crippen molar-refractivity contribution in [1.82, 2.24) is 9.42 Å². The molecule has 7 heteroatoms. The summed E-state index contributed by atoms with van der Waals surface area (Å²) in [7, 11) is 0.984. The van der Waals surface area contributed by atoms with Gasteiger partial charge in [-0.2, -0.15) is 0 Å². The third-order valence-electron chi connectivity index (χ3n) is 1.71. The summed E-state index contributed by atoms with van der Waals surface area (Å²) in [5.74, 6) is 0. The fourth-order valence-corrected chi connectivity index (χ4v) is 11.2. The van der Waals surface area contributed by atoms with Crippen molar-refractivity contribution in [3.63, 3.8) is 0 Å². The normalized spacial score (nSPS) is 17.4. The van der Waals surface area contributed by atoms with E-state index < -0.39 is 24.1 Å².